The summed E-state index contributed by atoms with van der Waals surface area (Å²) in [6.45, 7) is 7.55. The standard InChI is InChI=1S/C13H19N3O2/c1-4-18-12(17)10-7-14-8-13(10,3)11-9(2)15-5-6-16-11/h5-6,10,14H,4,7-8H2,1-3H3. The van der Waals surface area contributed by atoms with Crippen LogP contribution in [0.15, 0.2) is 12.4 Å². The Hall–Kier alpha value is -1.49. The molecule has 1 aliphatic heterocycles. The Bertz CT molecular complexity index is 450. The molecule has 0 saturated carbocycles. The Morgan fingerprint density at radius 3 is 2.94 bits per heavy atom. The quantitative estimate of drug-likeness (QED) is 0.804. The third-order valence-corrected chi connectivity index (χ3v) is 3.60. The monoisotopic (exact) mass is 249 g/mol. The number of aromatic nitrogens is 2. The van der Waals surface area contributed by atoms with E-state index in [-0.39, 0.29) is 17.3 Å². The summed E-state index contributed by atoms with van der Waals surface area (Å²) in [6.07, 6.45) is 3.35. The Morgan fingerprint density at radius 2 is 2.28 bits per heavy atom. The lowest BCUT2D eigenvalue weighted by atomic mass is 9.76. The second-order valence-corrected chi connectivity index (χ2v) is 4.84. The van der Waals surface area contributed by atoms with E-state index in [1.807, 2.05) is 20.8 Å². The minimum atomic E-state index is -0.343. The van der Waals surface area contributed by atoms with E-state index in [4.69, 9.17) is 4.74 Å². The molecule has 1 aliphatic rings. The first-order valence-corrected chi connectivity index (χ1v) is 6.25. The van der Waals surface area contributed by atoms with Gasteiger partial charge < -0.3 is 10.1 Å². The highest BCUT2D eigenvalue weighted by Gasteiger charge is 2.47. The van der Waals surface area contributed by atoms with Gasteiger partial charge in [-0.05, 0) is 13.8 Å². The van der Waals surface area contributed by atoms with Crippen LogP contribution in [0.25, 0.3) is 0 Å². The van der Waals surface area contributed by atoms with Gasteiger partial charge >= 0.3 is 5.97 Å². The van der Waals surface area contributed by atoms with Crippen molar-refractivity contribution in [1.29, 1.82) is 0 Å². The van der Waals surface area contributed by atoms with Crippen LogP contribution < -0.4 is 5.32 Å². The molecule has 1 N–H and O–H groups in total. The normalized spacial score (nSPS) is 27.2. The molecule has 1 aromatic rings. The van der Waals surface area contributed by atoms with Crippen molar-refractivity contribution in [1.82, 2.24) is 15.3 Å². The molecular weight excluding hydrogens is 230 g/mol. The van der Waals surface area contributed by atoms with Crippen molar-refractivity contribution in [2.24, 2.45) is 5.92 Å². The average molecular weight is 249 g/mol. The largest absolute Gasteiger partial charge is 0.466 e. The number of carbonyl (C=O) groups is 1. The molecule has 5 nitrogen and oxygen atoms in total. The number of carbonyl (C=O) groups excluding carboxylic acids is 1. The zero-order valence-electron chi connectivity index (χ0n) is 11.1. The topological polar surface area (TPSA) is 64.1 Å². The fourth-order valence-corrected chi connectivity index (χ4v) is 2.63. The molecule has 0 bridgehead atoms. The van der Waals surface area contributed by atoms with Crippen LogP contribution >= 0.6 is 0 Å². The summed E-state index contributed by atoms with van der Waals surface area (Å²) >= 11 is 0. The minimum absolute atomic E-state index is 0.157. The predicted octanol–water partition coefficient (Wildman–Crippen LogP) is 0.825. The highest BCUT2D eigenvalue weighted by Crippen LogP contribution is 2.35. The van der Waals surface area contributed by atoms with Crippen molar-refractivity contribution in [3.05, 3.63) is 23.8 Å². The molecule has 1 fully saturated rings. The first-order valence-electron chi connectivity index (χ1n) is 6.25. The van der Waals surface area contributed by atoms with Gasteiger partial charge in [0.1, 0.15) is 0 Å². The zero-order chi connectivity index (χ0) is 13.2. The molecule has 0 radical (unpaired) electrons. The van der Waals surface area contributed by atoms with Gasteiger partial charge in [-0.1, -0.05) is 6.92 Å². The van der Waals surface area contributed by atoms with Gasteiger partial charge in [-0.2, -0.15) is 0 Å². The van der Waals surface area contributed by atoms with E-state index < -0.39 is 0 Å². The molecule has 2 unspecified atom stereocenters. The van der Waals surface area contributed by atoms with Crippen molar-refractivity contribution < 1.29 is 9.53 Å². The Morgan fingerprint density at radius 1 is 1.56 bits per heavy atom. The minimum Gasteiger partial charge on any atom is -0.466 e. The highest BCUT2D eigenvalue weighted by atomic mass is 16.5. The maximum Gasteiger partial charge on any atom is 0.311 e. The summed E-state index contributed by atoms with van der Waals surface area (Å²) < 4.78 is 5.16. The first kappa shape index (κ1) is 13.0. The molecule has 18 heavy (non-hydrogen) atoms. The third-order valence-electron chi connectivity index (χ3n) is 3.60. The van der Waals surface area contributed by atoms with Crippen LogP contribution in [0.5, 0.6) is 0 Å². The van der Waals surface area contributed by atoms with E-state index in [2.05, 4.69) is 15.3 Å². The van der Waals surface area contributed by atoms with Gasteiger partial charge in [0.2, 0.25) is 0 Å². The molecule has 2 heterocycles. The number of rotatable bonds is 3. The van der Waals surface area contributed by atoms with Gasteiger partial charge in [0.15, 0.2) is 0 Å². The average Bonchev–Trinajstić information content (AvgIpc) is 2.73. The number of esters is 1. The summed E-state index contributed by atoms with van der Waals surface area (Å²) in [4.78, 5) is 20.7. The van der Waals surface area contributed by atoms with Crippen molar-refractivity contribution in [2.45, 2.75) is 26.2 Å². The molecule has 0 aliphatic carbocycles. The van der Waals surface area contributed by atoms with Crippen LogP contribution in [0.4, 0.5) is 0 Å². The van der Waals surface area contributed by atoms with Gasteiger partial charge in [-0.25, -0.2) is 0 Å². The summed E-state index contributed by atoms with van der Waals surface area (Å²) in [7, 11) is 0. The van der Waals surface area contributed by atoms with Crippen LogP contribution in [0, 0.1) is 12.8 Å². The van der Waals surface area contributed by atoms with Gasteiger partial charge in [-0.3, -0.25) is 14.8 Å². The smallest absolute Gasteiger partial charge is 0.311 e. The third kappa shape index (κ3) is 2.10. The Balaban J connectivity index is 2.34. The second-order valence-electron chi connectivity index (χ2n) is 4.84. The van der Waals surface area contributed by atoms with E-state index in [0.717, 1.165) is 17.9 Å². The summed E-state index contributed by atoms with van der Waals surface area (Å²) in [5.74, 6) is -0.358. The number of ether oxygens (including phenoxy) is 1. The van der Waals surface area contributed by atoms with Crippen molar-refractivity contribution in [3.63, 3.8) is 0 Å². The van der Waals surface area contributed by atoms with Gasteiger partial charge in [0, 0.05) is 30.9 Å². The fraction of sp³-hybridized carbons (Fsp3) is 0.615. The number of aryl methyl sites for hydroxylation is 1. The molecular formula is C13H19N3O2. The van der Waals surface area contributed by atoms with Crippen LogP contribution in [0.1, 0.15) is 25.2 Å². The van der Waals surface area contributed by atoms with Crippen LogP contribution in [0.2, 0.25) is 0 Å². The molecule has 98 valence electrons. The van der Waals surface area contributed by atoms with Gasteiger partial charge in [0.05, 0.1) is 23.9 Å². The van der Waals surface area contributed by atoms with Gasteiger partial charge in [0.25, 0.3) is 0 Å². The van der Waals surface area contributed by atoms with E-state index >= 15 is 0 Å². The van der Waals surface area contributed by atoms with E-state index in [0.29, 0.717) is 13.2 Å². The maximum absolute atomic E-state index is 12.0. The van der Waals surface area contributed by atoms with Crippen molar-refractivity contribution in [3.8, 4) is 0 Å². The lowest BCUT2D eigenvalue weighted by molar-refractivity contribution is -0.149. The molecule has 1 saturated heterocycles. The summed E-state index contributed by atoms with van der Waals surface area (Å²) in [5, 5.41) is 3.26. The Labute approximate surface area is 107 Å². The molecule has 0 amide bonds. The summed E-state index contributed by atoms with van der Waals surface area (Å²) in [5.41, 5.74) is 1.41. The fourth-order valence-electron chi connectivity index (χ4n) is 2.63. The number of hydrogen-bond acceptors (Lipinski definition) is 5. The Kier molecular flexibility index (Phi) is 3.61. The molecule has 2 atom stereocenters. The highest BCUT2D eigenvalue weighted by molar-refractivity contribution is 5.75. The SMILES string of the molecule is CCOC(=O)C1CNCC1(C)c1nccnc1C. The molecule has 2 rings (SSSR count). The molecule has 0 aromatic carbocycles. The van der Waals surface area contributed by atoms with Crippen molar-refractivity contribution >= 4 is 5.97 Å². The van der Waals surface area contributed by atoms with Crippen LogP contribution in [-0.2, 0) is 14.9 Å². The molecule has 5 heteroatoms. The van der Waals surface area contributed by atoms with Crippen LogP contribution in [0.3, 0.4) is 0 Å². The van der Waals surface area contributed by atoms with E-state index in [1.54, 1.807) is 12.4 Å². The number of hydrogen-bond donors (Lipinski definition) is 1. The lowest BCUT2D eigenvalue weighted by Gasteiger charge is -2.29. The van der Waals surface area contributed by atoms with Gasteiger partial charge in [-0.15, -0.1) is 0 Å². The summed E-state index contributed by atoms with van der Waals surface area (Å²) in [6, 6.07) is 0. The molecule has 0 spiro atoms. The number of nitrogens with one attached hydrogen (secondary N) is 1. The first-order chi connectivity index (χ1) is 8.59. The lowest BCUT2D eigenvalue weighted by Crippen LogP contribution is -2.39. The maximum atomic E-state index is 12.0. The van der Waals surface area contributed by atoms with Crippen LogP contribution in [-0.4, -0.2) is 35.6 Å². The number of nitrogens with zero attached hydrogens (tertiary/aromatic N) is 2. The van der Waals surface area contributed by atoms with E-state index in [1.165, 1.54) is 0 Å². The predicted molar refractivity (Wildman–Crippen MR) is 67.1 cm³/mol. The van der Waals surface area contributed by atoms with E-state index in [9.17, 15) is 4.79 Å². The molecule has 1 aromatic heterocycles. The second kappa shape index (κ2) is 5.02. The zero-order valence-corrected chi connectivity index (χ0v) is 11.1. The van der Waals surface area contributed by atoms with Crippen molar-refractivity contribution in [2.75, 3.05) is 19.7 Å².